The first kappa shape index (κ1) is 13.9. The van der Waals surface area contributed by atoms with Gasteiger partial charge in [0.2, 0.25) is 6.79 Å². The lowest BCUT2D eigenvalue weighted by Gasteiger charge is -2.08. The van der Waals surface area contributed by atoms with Gasteiger partial charge in [0.1, 0.15) is 0 Å². The molecule has 1 heterocycles. The Hall–Kier alpha value is -3.02. The number of para-hydroxylation sites is 1. The number of amides is 1. The first-order chi connectivity index (χ1) is 10.6. The summed E-state index contributed by atoms with van der Waals surface area (Å²) in [6.45, 7) is 0.402. The number of hydrogen-bond donors (Lipinski definition) is 2. The van der Waals surface area contributed by atoms with E-state index in [0.717, 1.165) is 5.56 Å². The van der Waals surface area contributed by atoms with Gasteiger partial charge in [-0.2, -0.15) is 0 Å². The summed E-state index contributed by atoms with van der Waals surface area (Å²) >= 11 is 0. The molecule has 0 aromatic heterocycles. The highest BCUT2D eigenvalue weighted by molar-refractivity contribution is 5.97. The first-order valence-electron chi connectivity index (χ1n) is 6.64. The maximum Gasteiger partial charge on any atom is 0.335 e. The molecule has 0 unspecified atom stereocenters. The molecule has 0 bridgehead atoms. The van der Waals surface area contributed by atoms with Crippen LogP contribution in [0.4, 0.5) is 0 Å². The van der Waals surface area contributed by atoms with Crippen LogP contribution in [0.3, 0.4) is 0 Å². The maximum absolute atomic E-state index is 12.2. The Morgan fingerprint density at radius 3 is 2.59 bits per heavy atom. The van der Waals surface area contributed by atoms with E-state index >= 15 is 0 Å². The Morgan fingerprint density at radius 2 is 1.86 bits per heavy atom. The highest BCUT2D eigenvalue weighted by atomic mass is 16.7. The van der Waals surface area contributed by atoms with Crippen LogP contribution in [-0.2, 0) is 6.54 Å². The van der Waals surface area contributed by atoms with Crippen LogP contribution in [-0.4, -0.2) is 23.8 Å². The van der Waals surface area contributed by atoms with E-state index < -0.39 is 5.97 Å². The zero-order chi connectivity index (χ0) is 15.5. The van der Waals surface area contributed by atoms with E-state index in [4.69, 9.17) is 14.6 Å². The molecular formula is C16H13NO5. The van der Waals surface area contributed by atoms with Crippen LogP contribution in [0.15, 0.2) is 42.5 Å². The van der Waals surface area contributed by atoms with Crippen LogP contribution < -0.4 is 14.8 Å². The number of carbonyl (C=O) groups excluding carboxylic acids is 1. The molecule has 0 aliphatic carbocycles. The lowest BCUT2D eigenvalue weighted by atomic mass is 10.1. The maximum atomic E-state index is 12.2. The Kier molecular flexibility index (Phi) is 3.65. The van der Waals surface area contributed by atoms with E-state index in [0.29, 0.717) is 23.6 Å². The molecule has 1 aliphatic heterocycles. The minimum atomic E-state index is -0.979. The summed E-state index contributed by atoms with van der Waals surface area (Å²) in [6, 6.07) is 11.5. The van der Waals surface area contributed by atoms with Crippen molar-refractivity contribution in [2.45, 2.75) is 6.54 Å². The second-order valence-corrected chi connectivity index (χ2v) is 4.72. The minimum absolute atomic E-state index is 0.107. The van der Waals surface area contributed by atoms with E-state index in [1.807, 2.05) is 0 Å². The van der Waals surface area contributed by atoms with Crippen molar-refractivity contribution in [3.8, 4) is 11.5 Å². The summed E-state index contributed by atoms with van der Waals surface area (Å²) in [4.78, 5) is 23.0. The van der Waals surface area contributed by atoms with E-state index in [-0.39, 0.29) is 18.3 Å². The molecule has 3 rings (SSSR count). The zero-order valence-corrected chi connectivity index (χ0v) is 11.5. The van der Waals surface area contributed by atoms with Gasteiger partial charge in [0.05, 0.1) is 11.1 Å². The number of aromatic carboxylic acids is 1. The number of hydrogen-bond acceptors (Lipinski definition) is 4. The molecule has 0 spiro atoms. The molecule has 1 amide bonds. The van der Waals surface area contributed by atoms with Crippen LogP contribution >= 0.6 is 0 Å². The molecule has 0 saturated carbocycles. The number of carboxylic acid groups (broad SMARTS) is 1. The van der Waals surface area contributed by atoms with Gasteiger partial charge in [-0.25, -0.2) is 4.79 Å². The second kappa shape index (κ2) is 5.77. The average molecular weight is 299 g/mol. The number of ether oxygens (including phenoxy) is 2. The molecule has 112 valence electrons. The minimum Gasteiger partial charge on any atom is -0.478 e. The second-order valence-electron chi connectivity index (χ2n) is 4.72. The molecule has 0 atom stereocenters. The number of carboxylic acids is 1. The van der Waals surface area contributed by atoms with Crippen molar-refractivity contribution in [2.75, 3.05) is 6.79 Å². The fourth-order valence-corrected chi connectivity index (χ4v) is 2.15. The van der Waals surface area contributed by atoms with Gasteiger partial charge in [0, 0.05) is 6.54 Å². The van der Waals surface area contributed by atoms with Gasteiger partial charge >= 0.3 is 5.97 Å². The monoisotopic (exact) mass is 299 g/mol. The summed E-state index contributed by atoms with van der Waals surface area (Å²) in [5, 5.41) is 11.6. The lowest BCUT2D eigenvalue weighted by molar-refractivity contribution is 0.0696. The largest absolute Gasteiger partial charge is 0.478 e. The van der Waals surface area contributed by atoms with E-state index in [1.54, 1.807) is 30.3 Å². The van der Waals surface area contributed by atoms with Crippen molar-refractivity contribution >= 4 is 11.9 Å². The quantitative estimate of drug-likeness (QED) is 0.902. The fraction of sp³-hybridized carbons (Fsp3) is 0.125. The van der Waals surface area contributed by atoms with Crippen molar-refractivity contribution in [1.29, 1.82) is 0 Å². The van der Waals surface area contributed by atoms with Gasteiger partial charge in [-0.1, -0.05) is 18.2 Å². The zero-order valence-electron chi connectivity index (χ0n) is 11.5. The number of nitrogens with one attached hydrogen (secondary N) is 1. The Labute approximate surface area is 126 Å². The SMILES string of the molecule is O=C(O)c1ccc(CNC(=O)c2cccc3c2OCO3)cc1. The smallest absolute Gasteiger partial charge is 0.335 e. The normalized spacial score (nSPS) is 12.0. The highest BCUT2D eigenvalue weighted by Crippen LogP contribution is 2.35. The Bertz CT molecular complexity index is 724. The third-order valence-corrected chi connectivity index (χ3v) is 3.30. The van der Waals surface area contributed by atoms with E-state index in [2.05, 4.69) is 5.32 Å². The standard InChI is InChI=1S/C16H13NO5/c18-15(12-2-1-3-13-14(12)22-9-21-13)17-8-10-4-6-11(7-5-10)16(19)20/h1-7H,8-9H2,(H,17,18)(H,19,20). The van der Waals surface area contributed by atoms with Crippen molar-refractivity contribution in [3.05, 3.63) is 59.2 Å². The molecule has 0 saturated heterocycles. The molecule has 2 aromatic rings. The number of rotatable bonds is 4. The van der Waals surface area contributed by atoms with Crippen molar-refractivity contribution in [1.82, 2.24) is 5.32 Å². The van der Waals surface area contributed by atoms with Gasteiger partial charge in [-0.3, -0.25) is 4.79 Å². The van der Waals surface area contributed by atoms with Gasteiger partial charge in [0.15, 0.2) is 11.5 Å². The highest BCUT2D eigenvalue weighted by Gasteiger charge is 2.21. The molecule has 22 heavy (non-hydrogen) atoms. The summed E-state index contributed by atoms with van der Waals surface area (Å²) in [5.41, 5.74) is 1.43. The van der Waals surface area contributed by atoms with Crippen LogP contribution in [0, 0.1) is 0 Å². The number of carbonyl (C=O) groups is 2. The molecule has 0 fully saturated rings. The van der Waals surface area contributed by atoms with Crippen LogP contribution in [0.5, 0.6) is 11.5 Å². The van der Waals surface area contributed by atoms with Crippen molar-refractivity contribution in [2.24, 2.45) is 0 Å². The molecule has 1 aliphatic rings. The Morgan fingerprint density at radius 1 is 1.09 bits per heavy atom. The molecule has 2 aromatic carbocycles. The molecule has 6 heteroatoms. The van der Waals surface area contributed by atoms with Gasteiger partial charge in [0.25, 0.3) is 5.91 Å². The molecule has 6 nitrogen and oxygen atoms in total. The molecular weight excluding hydrogens is 286 g/mol. The van der Waals surface area contributed by atoms with Crippen LogP contribution in [0.2, 0.25) is 0 Å². The van der Waals surface area contributed by atoms with Gasteiger partial charge < -0.3 is 19.9 Å². The van der Waals surface area contributed by atoms with Crippen LogP contribution in [0.25, 0.3) is 0 Å². The molecule has 0 radical (unpaired) electrons. The summed E-state index contributed by atoms with van der Waals surface area (Å²) < 4.78 is 10.5. The number of benzene rings is 2. The van der Waals surface area contributed by atoms with Crippen LogP contribution in [0.1, 0.15) is 26.3 Å². The third kappa shape index (κ3) is 2.71. The summed E-state index contributed by atoms with van der Waals surface area (Å²) in [6.07, 6.45) is 0. The topological polar surface area (TPSA) is 84.9 Å². The Balaban J connectivity index is 1.68. The van der Waals surface area contributed by atoms with Crippen molar-refractivity contribution in [3.63, 3.8) is 0 Å². The van der Waals surface area contributed by atoms with E-state index in [9.17, 15) is 9.59 Å². The predicted octanol–water partition coefficient (Wildman–Crippen LogP) is 2.04. The fourth-order valence-electron chi connectivity index (χ4n) is 2.15. The lowest BCUT2D eigenvalue weighted by Crippen LogP contribution is -2.23. The summed E-state index contributed by atoms with van der Waals surface area (Å²) in [7, 11) is 0. The predicted molar refractivity (Wildman–Crippen MR) is 77.1 cm³/mol. The van der Waals surface area contributed by atoms with Crippen molar-refractivity contribution < 1.29 is 24.2 Å². The number of fused-ring (bicyclic) bond motifs is 1. The first-order valence-corrected chi connectivity index (χ1v) is 6.64. The third-order valence-electron chi connectivity index (χ3n) is 3.30. The molecule has 2 N–H and O–H groups in total. The van der Waals surface area contributed by atoms with Gasteiger partial charge in [-0.05, 0) is 29.8 Å². The summed E-state index contributed by atoms with van der Waals surface area (Å²) in [5.74, 6) is -0.253. The van der Waals surface area contributed by atoms with E-state index in [1.165, 1.54) is 12.1 Å². The van der Waals surface area contributed by atoms with Gasteiger partial charge in [-0.15, -0.1) is 0 Å². The average Bonchev–Trinajstić information content (AvgIpc) is 3.01.